The first-order chi connectivity index (χ1) is 34.0. The Balaban J connectivity index is 1.01. The number of benzene rings is 5. The molecule has 0 saturated heterocycles. The Labute approximate surface area is 416 Å². The van der Waals surface area contributed by atoms with Gasteiger partial charge < -0.3 is 38.1 Å². The highest BCUT2D eigenvalue weighted by atomic mass is 32.8. The molecule has 0 fully saturated rings. The van der Waals surface area contributed by atoms with Crippen LogP contribution >= 0.6 is 0 Å². The summed E-state index contributed by atoms with van der Waals surface area (Å²) < 4.78 is 41.6. The van der Waals surface area contributed by atoms with Crippen LogP contribution in [0.2, 0.25) is 0 Å². The summed E-state index contributed by atoms with van der Waals surface area (Å²) in [6.07, 6.45) is 7.17. The van der Waals surface area contributed by atoms with Crippen LogP contribution in [0.1, 0.15) is 56.8 Å². The molecule has 3 atom stereocenters. The van der Waals surface area contributed by atoms with Gasteiger partial charge in [0.15, 0.2) is 23.0 Å². The van der Waals surface area contributed by atoms with E-state index >= 15 is 0 Å². The van der Waals surface area contributed by atoms with E-state index in [2.05, 4.69) is 49.3 Å². The van der Waals surface area contributed by atoms with E-state index in [9.17, 15) is 9.59 Å². The van der Waals surface area contributed by atoms with Crippen LogP contribution in [0.15, 0.2) is 101 Å². The van der Waals surface area contributed by atoms with Gasteiger partial charge in [-0.05, 0) is 84.8 Å². The minimum absolute atomic E-state index is 0.139. The van der Waals surface area contributed by atoms with E-state index in [4.69, 9.17) is 54.3 Å². The smallest absolute Gasteiger partial charge is 0.261 e. The first-order valence-electron chi connectivity index (χ1n) is 23.4. The zero-order valence-corrected chi connectivity index (χ0v) is 42.1. The minimum atomic E-state index is -0.329. The fourth-order valence-electron chi connectivity index (χ4n) is 9.28. The number of hydrogen-bond donors (Lipinski definition) is 0. The Morgan fingerprint density at radius 2 is 1.14 bits per heavy atom. The molecule has 0 N–H and O–H groups in total. The number of fused-ring (bicyclic) bond motifs is 8. The van der Waals surface area contributed by atoms with Crippen molar-refractivity contribution in [1.29, 1.82) is 0 Å². The molecule has 0 saturated carbocycles. The largest absolute Gasteiger partial charge is 0.493 e. The number of ether oxygens (including phenoxy) is 7. The van der Waals surface area contributed by atoms with Gasteiger partial charge in [-0.3, -0.25) is 29.4 Å². The molecule has 1 unspecified atom stereocenters. The highest BCUT2D eigenvalue weighted by Gasteiger charge is 2.38. The molecule has 4 aliphatic rings. The van der Waals surface area contributed by atoms with E-state index in [-0.39, 0.29) is 51.3 Å². The number of carbonyl (C=O) groups excluding carboxylic acids is 2. The summed E-state index contributed by atoms with van der Waals surface area (Å²) >= 11 is 5.89. The third-order valence-electron chi connectivity index (χ3n) is 13.1. The van der Waals surface area contributed by atoms with Gasteiger partial charge in [0, 0.05) is 79.4 Å². The van der Waals surface area contributed by atoms with E-state index in [0.29, 0.717) is 104 Å². The molecule has 16 heteroatoms. The molecule has 70 heavy (non-hydrogen) atoms. The number of hydrogen-bond acceptors (Lipinski definition) is 13. The number of nitrogens with zero attached hydrogens (tertiary/aromatic N) is 5. The van der Waals surface area contributed by atoms with Crippen LogP contribution in [-0.4, -0.2) is 115 Å². The second kappa shape index (κ2) is 21.4. The molecule has 2 amide bonds. The van der Waals surface area contributed by atoms with Crippen LogP contribution < -0.4 is 33.6 Å². The van der Waals surface area contributed by atoms with Gasteiger partial charge in [0.1, 0.15) is 13.2 Å². The standard InChI is InChI=1S/C54H59N5O9S2/c1-54(2,70(6)69)34-57(15-16-65-19-20-66-18-17-62-3)39-22-35(32-67-50-28-44-42(26-48(50)63-4)52(60)58-40(30-55-44)24-37-11-7-9-13-46(37)58)21-36(23-39)33-68-51-29-45-43(27-49(51)64-5)53(61)59-41(31-56-45)25-38-12-8-10-14-47(38)59/h7-14,21-23,26-31,40-41H,15-20,24-25,32-34H2,1-6H3/t40-,41-,70?/m0/s1. The van der Waals surface area contributed by atoms with Crippen LogP contribution in [0.5, 0.6) is 23.0 Å². The molecule has 0 aliphatic carbocycles. The molecule has 5 aromatic rings. The topological polar surface area (TPSA) is 133 Å². The highest BCUT2D eigenvalue weighted by Crippen LogP contribution is 2.43. The molecule has 366 valence electrons. The van der Waals surface area contributed by atoms with Gasteiger partial charge in [0.2, 0.25) is 0 Å². The van der Waals surface area contributed by atoms with Crippen molar-refractivity contribution in [3.05, 3.63) is 124 Å². The molecule has 9 rings (SSSR count). The maximum Gasteiger partial charge on any atom is 0.261 e. The van der Waals surface area contributed by atoms with Gasteiger partial charge in [-0.1, -0.05) is 47.6 Å². The monoisotopic (exact) mass is 985 g/mol. The third kappa shape index (κ3) is 10.3. The lowest BCUT2D eigenvalue weighted by Crippen LogP contribution is -2.43. The third-order valence-corrected chi connectivity index (χ3v) is 16.1. The summed E-state index contributed by atoms with van der Waals surface area (Å²) in [5.41, 5.74) is 8.57. The molecule has 0 spiro atoms. The lowest BCUT2D eigenvalue weighted by atomic mass is 10.1. The SMILES string of the molecule is COCCOCCOCCN(CC(C)(C)S(C)=S)c1cc(COc2cc3c(cc2OC)C(=O)N2c4ccccc4C[C@H]2C=N3)cc(COc2cc3c(cc2OC)C(=O)N2c4ccccc4C[C@H]2C=N3)c1. The van der Waals surface area contributed by atoms with Crippen molar-refractivity contribution >= 4 is 73.3 Å². The lowest BCUT2D eigenvalue weighted by Gasteiger charge is -2.35. The first kappa shape index (κ1) is 48.8. The molecule has 0 aromatic heterocycles. The molecule has 4 aliphatic heterocycles. The number of rotatable bonds is 21. The van der Waals surface area contributed by atoms with Crippen LogP contribution in [0, 0.1) is 0 Å². The zero-order chi connectivity index (χ0) is 48.9. The van der Waals surface area contributed by atoms with Crippen molar-refractivity contribution in [2.75, 3.05) is 88.4 Å². The van der Waals surface area contributed by atoms with Crippen molar-refractivity contribution in [1.82, 2.24) is 0 Å². The maximum atomic E-state index is 14.1. The number of amides is 2. The molecule has 5 aromatic carbocycles. The first-order valence-corrected chi connectivity index (χ1v) is 26.0. The van der Waals surface area contributed by atoms with Gasteiger partial charge in [0.25, 0.3) is 11.8 Å². The predicted octanol–water partition coefficient (Wildman–Crippen LogP) is 8.41. The van der Waals surface area contributed by atoms with Crippen molar-refractivity contribution in [2.45, 2.75) is 56.7 Å². The highest BCUT2D eigenvalue weighted by molar-refractivity contribution is 8.29. The number of aliphatic imine (C=N–C) groups is 2. The quantitative estimate of drug-likeness (QED) is 0.0657. The van der Waals surface area contributed by atoms with E-state index in [0.717, 1.165) is 39.3 Å². The summed E-state index contributed by atoms with van der Waals surface area (Å²) in [6, 6.07) is 28.8. The van der Waals surface area contributed by atoms with Crippen LogP contribution in [0.25, 0.3) is 0 Å². The fourth-order valence-corrected chi connectivity index (χ4v) is 9.78. The van der Waals surface area contributed by atoms with Crippen molar-refractivity contribution in [2.24, 2.45) is 9.98 Å². The van der Waals surface area contributed by atoms with E-state index in [1.807, 2.05) is 64.7 Å². The number of methoxy groups -OCH3 is 3. The Morgan fingerprint density at radius 3 is 1.63 bits per heavy atom. The molecule has 4 heterocycles. The van der Waals surface area contributed by atoms with Crippen LogP contribution in [0.3, 0.4) is 0 Å². The van der Waals surface area contributed by atoms with Crippen LogP contribution in [-0.2, 0) is 60.9 Å². The summed E-state index contributed by atoms with van der Waals surface area (Å²) in [4.78, 5) is 43.9. The van der Waals surface area contributed by atoms with Gasteiger partial charge in [-0.2, -0.15) is 0 Å². The van der Waals surface area contributed by atoms with Crippen molar-refractivity contribution in [3.8, 4) is 23.0 Å². The van der Waals surface area contributed by atoms with Crippen LogP contribution in [0.4, 0.5) is 28.4 Å². The summed E-state index contributed by atoms with van der Waals surface area (Å²) in [5.74, 6) is 1.46. The number of para-hydroxylation sites is 2. The molecule has 0 radical (unpaired) electrons. The number of carbonyl (C=O) groups is 2. The summed E-state index contributed by atoms with van der Waals surface area (Å²) in [6.45, 7) is 8.33. The zero-order valence-electron chi connectivity index (χ0n) is 40.5. The van der Waals surface area contributed by atoms with E-state index < -0.39 is 0 Å². The summed E-state index contributed by atoms with van der Waals surface area (Å²) in [5, 5.41) is 0. The predicted molar refractivity (Wildman–Crippen MR) is 279 cm³/mol. The average molecular weight is 986 g/mol. The van der Waals surface area contributed by atoms with E-state index in [1.165, 1.54) is 0 Å². The number of anilines is 3. The molecule has 14 nitrogen and oxygen atoms in total. The van der Waals surface area contributed by atoms with E-state index in [1.54, 1.807) is 45.6 Å². The second-order valence-electron chi connectivity index (χ2n) is 18.2. The Hall–Kier alpha value is -6.17. The average Bonchev–Trinajstić information content (AvgIpc) is 3.86. The Kier molecular flexibility index (Phi) is 15.0. The fraction of sp³-hybridized carbons (Fsp3) is 0.370. The normalized spacial score (nSPS) is 16.9. The van der Waals surface area contributed by atoms with Gasteiger partial charge >= 0.3 is 0 Å². The molecular formula is C54H59N5O9S2. The van der Waals surface area contributed by atoms with Gasteiger partial charge in [0.05, 0.1) is 81.8 Å². The van der Waals surface area contributed by atoms with Gasteiger partial charge in [-0.25, -0.2) is 0 Å². The molecular weight excluding hydrogens is 927 g/mol. The lowest BCUT2D eigenvalue weighted by molar-refractivity contribution is 0.0264. The van der Waals surface area contributed by atoms with Crippen molar-refractivity contribution < 1.29 is 42.7 Å². The minimum Gasteiger partial charge on any atom is -0.493 e. The Bertz CT molecular complexity index is 2690. The second-order valence-corrected chi connectivity index (χ2v) is 21.7. The van der Waals surface area contributed by atoms with Crippen molar-refractivity contribution in [3.63, 3.8) is 0 Å². The summed E-state index contributed by atoms with van der Waals surface area (Å²) in [7, 11) is 4.45. The Morgan fingerprint density at radius 1 is 0.657 bits per heavy atom. The maximum absolute atomic E-state index is 14.1. The van der Waals surface area contributed by atoms with Gasteiger partial charge in [-0.15, -0.1) is 9.45 Å². The molecule has 0 bridgehead atoms.